The number of aliphatic carboxylic acids is 1. The van der Waals surface area contributed by atoms with Crippen LogP contribution in [0.25, 0.3) is 33.3 Å². The van der Waals surface area contributed by atoms with E-state index in [4.69, 9.17) is 9.84 Å². The standard InChI is InChI=1S/C27H25FN2O5S/c1-35-23-7-4-3-6-20(23)17-9-11-18(12-10-17)25-27(36(2,33)34)26(29-15-5-8-24(31)32)21-16-19(28)13-14-22(21)30-25/h3-4,6-7,9-14,16H,5,8,15H2,1-2H3,(H,29,30)(H,31,32). The molecule has 0 amide bonds. The minimum absolute atomic E-state index is 0.0685. The van der Waals surface area contributed by atoms with Crippen LogP contribution in [0.4, 0.5) is 10.1 Å². The van der Waals surface area contributed by atoms with E-state index in [1.54, 1.807) is 19.2 Å². The zero-order valence-electron chi connectivity index (χ0n) is 19.8. The molecule has 0 aliphatic heterocycles. The molecule has 0 aliphatic carbocycles. The number of para-hydroxylation sites is 1. The quantitative estimate of drug-likeness (QED) is 0.292. The molecular formula is C27H25FN2O5S. The first-order valence-electron chi connectivity index (χ1n) is 11.2. The fourth-order valence-corrected chi connectivity index (χ4v) is 5.16. The SMILES string of the molecule is COc1ccccc1-c1ccc(-c2nc3ccc(F)cc3c(NCCCC(=O)O)c2S(C)(=O)=O)cc1. The largest absolute Gasteiger partial charge is 0.496 e. The molecule has 1 aromatic heterocycles. The Morgan fingerprint density at radius 3 is 2.42 bits per heavy atom. The molecule has 36 heavy (non-hydrogen) atoms. The van der Waals surface area contributed by atoms with Crippen molar-refractivity contribution in [1.29, 1.82) is 0 Å². The molecule has 2 N–H and O–H groups in total. The number of carbonyl (C=O) groups is 1. The summed E-state index contributed by atoms with van der Waals surface area (Å²) in [5, 5.41) is 12.3. The van der Waals surface area contributed by atoms with Crippen LogP contribution >= 0.6 is 0 Å². The predicted molar refractivity (Wildman–Crippen MR) is 138 cm³/mol. The number of sulfone groups is 1. The first-order chi connectivity index (χ1) is 17.2. The van der Waals surface area contributed by atoms with Crippen LogP contribution < -0.4 is 10.1 Å². The number of benzene rings is 3. The van der Waals surface area contributed by atoms with E-state index in [0.717, 1.165) is 17.4 Å². The van der Waals surface area contributed by atoms with Gasteiger partial charge in [0.1, 0.15) is 16.5 Å². The number of halogens is 1. The molecule has 0 atom stereocenters. The summed E-state index contributed by atoms with van der Waals surface area (Å²) in [6, 6.07) is 18.8. The number of anilines is 1. The van der Waals surface area contributed by atoms with Crippen molar-refractivity contribution in [3.63, 3.8) is 0 Å². The summed E-state index contributed by atoms with van der Waals surface area (Å²) in [6.45, 7) is 0.191. The fraction of sp³-hybridized carbons (Fsp3) is 0.185. The summed E-state index contributed by atoms with van der Waals surface area (Å²) in [4.78, 5) is 15.4. The second-order valence-electron chi connectivity index (χ2n) is 8.30. The van der Waals surface area contributed by atoms with Crippen LogP contribution in [-0.2, 0) is 14.6 Å². The Balaban J connectivity index is 1.87. The van der Waals surface area contributed by atoms with Gasteiger partial charge in [0.05, 0.1) is 24.0 Å². The molecule has 186 valence electrons. The van der Waals surface area contributed by atoms with Crippen molar-refractivity contribution in [3.05, 3.63) is 72.5 Å². The van der Waals surface area contributed by atoms with Gasteiger partial charge in [0.15, 0.2) is 9.84 Å². The number of methoxy groups -OCH3 is 1. The molecule has 0 fully saturated rings. The van der Waals surface area contributed by atoms with E-state index in [0.29, 0.717) is 22.2 Å². The normalized spacial score (nSPS) is 11.4. The lowest BCUT2D eigenvalue weighted by Gasteiger charge is -2.18. The number of ether oxygens (including phenoxy) is 1. The Bertz CT molecular complexity index is 1540. The van der Waals surface area contributed by atoms with Gasteiger partial charge in [-0.25, -0.2) is 17.8 Å². The number of nitrogens with zero attached hydrogens (tertiary/aromatic N) is 1. The Morgan fingerprint density at radius 2 is 1.75 bits per heavy atom. The molecule has 9 heteroatoms. The van der Waals surface area contributed by atoms with E-state index in [2.05, 4.69) is 10.3 Å². The van der Waals surface area contributed by atoms with Crippen molar-refractivity contribution in [2.24, 2.45) is 0 Å². The molecule has 3 aromatic carbocycles. The Hall–Kier alpha value is -3.98. The summed E-state index contributed by atoms with van der Waals surface area (Å²) in [6.07, 6.45) is 1.25. The minimum atomic E-state index is -3.83. The topological polar surface area (TPSA) is 106 Å². The maximum absolute atomic E-state index is 14.1. The monoisotopic (exact) mass is 508 g/mol. The van der Waals surface area contributed by atoms with Crippen molar-refractivity contribution in [3.8, 4) is 28.1 Å². The van der Waals surface area contributed by atoms with Crippen LogP contribution in [-0.4, -0.2) is 44.4 Å². The zero-order valence-corrected chi connectivity index (χ0v) is 20.6. The van der Waals surface area contributed by atoms with Gasteiger partial charge in [-0.3, -0.25) is 4.79 Å². The molecule has 0 saturated heterocycles. The molecule has 0 spiro atoms. The zero-order chi connectivity index (χ0) is 25.9. The van der Waals surface area contributed by atoms with Crippen molar-refractivity contribution in [1.82, 2.24) is 4.98 Å². The number of carboxylic acid groups (broad SMARTS) is 1. The van der Waals surface area contributed by atoms with Crippen molar-refractivity contribution < 1.29 is 27.4 Å². The summed E-state index contributed by atoms with van der Waals surface area (Å²) in [5.74, 6) is -0.784. The first kappa shape index (κ1) is 25.1. The lowest BCUT2D eigenvalue weighted by Crippen LogP contribution is -2.12. The summed E-state index contributed by atoms with van der Waals surface area (Å²) < 4.78 is 45.6. The first-order valence-corrected chi connectivity index (χ1v) is 13.1. The number of pyridine rings is 1. The second-order valence-corrected chi connectivity index (χ2v) is 10.3. The summed E-state index contributed by atoms with van der Waals surface area (Å²) >= 11 is 0. The maximum atomic E-state index is 14.1. The molecule has 0 saturated carbocycles. The molecule has 0 aliphatic rings. The molecule has 4 rings (SSSR count). The molecule has 0 radical (unpaired) electrons. The summed E-state index contributed by atoms with van der Waals surface area (Å²) in [7, 11) is -2.23. The average molecular weight is 509 g/mol. The third-order valence-corrected chi connectivity index (χ3v) is 6.86. The number of nitrogens with one attached hydrogen (secondary N) is 1. The molecular weight excluding hydrogens is 483 g/mol. The van der Waals surface area contributed by atoms with Gasteiger partial charge in [-0.15, -0.1) is 0 Å². The summed E-state index contributed by atoms with van der Waals surface area (Å²) in [5.41, 5.74) is 3.17. The van der Waals surface area contributed by atoms with Crippen LogP contribution in [0.2, 0.25) is 0 Å². The van der Waals surface area contributed by atoms with Crippen LogP contribution in [0, 0.1) is 5.82 Å². The number of hydrogen-bond acceptors (Lipinski definition) is 6. The number of fused-ring (bicyclic) bond motifs is 1. The molecule has 0 bridgehead atoms. The Kier molecular flexibility index (Phi) is 7.21. The van der Waals surface area contributed by atoms with Crippen LogP contribution in [0.15, 0.2) is 71.6 Å². The van der Waals surface area contributed by atoms with Gasteiger partial charge in [0.2, 0.25) is 0 Å². The number of carboxylic acids is 1. The highest BCUT2D eigenvalue weighted by Gasteiger charge is 2.24. The van der Waals surface area contributed by atoms with E-state index >= 15 is 0 Å². The van der Waals surface area contributed by atoms with Gasteiger partial charge >= 0.3 is 5.97 Å². The highest BCUT2D eigenvalue weighted by molar-refractivity contribution is 7.91. The van der Waals surface area contributed by atoms with Crippen LogP contribution in [0.1, 0.15) is 12.8 Å². The van der Waals surface area contributed by atoms with Gasteiger partial charge in [-0.05, 0) is 36.2 Å². The van der Waals surface area contributed by atoms with E-state index in [9.17, 15) is 17.6 Å². The van der Waals surface area contributed by atoms with Crippen molar-refractivity contribution in [2.45, 2.75) is 17.7 Å². The van der Waals surface area contributed by atoms with E-state index in [1.807, 2.05) is 36.4 Å². The molecule has 4 aromatic rings. The maximum Gasteiger partial charge on any atom is 0.303 e. The Morgan fingerprint density at radius 1 is 1.06 bits per heavy atom. The lowest BCUT2D eigenvalue weighted by atomic mass is 10.0. The second kappa shape index (κ2) is 10.3. The van der Waals surface area contributed by atoms with Gasteiger partial charge in [-0.1, -0.05) is 42.5 Å². The number of rotatable bonds is 9. The van der Waals surface area contributed by atoms with Crippen LogP contribution in [0.5, 0.6) is 5.75 Å². The Labute approximate surface area is 208 Å². The fourth-order valence-electron chi connectivity index (χ4n) is 4.09. The number of hydrogen-bond donors (Lipinski definition) is 2. The molecule has 1 heterocycles. The number of aromatic nitrogens is 1. The molecule has 0 unspecified atom stereocenters. The van der Waals surface area contributed by atoms with Crippen molar-refractivity contribution in [2.75, 3.05) is 25.2 Å². The highest BCUT2D eigenvalue weighted by atomic mass is 32.2. The van der Waals surface area contributed by atoms with Crippen LogP contribution in [0.3, 0.4) is 0 Å². The average Bonchev–Trinajstić information content (AvgIpc) is 2.85. The smallest absolute Gasteiger partial charge is 0.303 e. The lowest BCUT2D eigenvalue weighted by molar-refractivity contribution is -0.137. The van der Waals surface area contributed by atoms with Gasteiger partial charge in [-0.2, -0.15) is 0 Å². The minimum Gasteiger partial charge on any atom is -0.496 e. The predicted octanol–water partition coefficient (Wildman–Crippen LogP) is 5.40. The van der Waals surface area contributed by atoms with Gasteiger partial charge < -0.3 is 15.2 Å². The van der Waals surface area contributed by atoms with E-state index in [-0.39, 0.29) is 35.7 Å². The van der Waals surface area contributed by atoms with E-state index < -0.39 is 21.6 Å². The van der Waals surface area contributed by atoms with Crippen molar-refractivity contribution >= 4 is 32.4 Å². The third-order valence-electron chi connectivity index (χ3n) is 5.72. The highest BCUT2D eigenvalue weighted by Crippen LogP contribution is 2.39. The van der Waals surface area contributed by atoms with Gasteiger partial charge in [0, 0.05) is 35.7 Å². The van der Waals surface area contributed by atoms with Gasteiger partial charge in [0.25, 0.3) is 0 Å². The molecule has 7 nitrogen and oxygen atoms in total. The third kappa shape index (κ3) is 5.31. The van der Waals surface area contributed by atoms with E-state index in [1.165, 1.54) is 18.2 Å².